The Morgan fingerprint density at radius 2 is 2.33 bits per heavy atom. The number of rotatable bonds is 5. The van der Waals surface area contributed by atoms with E-state index in [2.05, 4.69) is 11.0 Å². The van der Waals surface area contributed by atoms with Crippen LogP contribution in [0.2, 0.25) is 0 Å². The van der Waals surface area contributed by atoms with E-state index < -0.39 is 0 Å². The van der Waals surface area contributed by atoms with Crippen molar-refractivity contribution < 1.29 is 9.47 Å². The van der Waals surface area contributed by atoms with E-state index in [1.165, 1.54) is 11.3 Å². The fourth-order valence-electron chi connectivity index (χ4n) is 3.14. The van der Waals surface area contributed by atoms with Crippen molar-refractivity contribution in [1.29, 1.82) is 5.26 Å². The molecule has 1 aromatic heterocycles. The Kier molecular flexibility index (Phi) is 4.37. The number of pyridine rings is 1. The van der Waals surface area contributed by atoms with Gasteiger partial charge in [0.1, 0.15) is 11.9 Å². The van der Waals surface area contributed by atoms with E-state index in [0.717, 1.165) is 44.6 Å². The summed E-state index contributed by atoms with van der Waals surface area (Å²) in [6.07, 6.45) is 4.43. The SMILES string of the molecule is COCCOC1CCN(c2nc3c(cc2C#N)CCC3)C1. The number of fused-ring (bicyclic) bond motifs is 1. The predicted molar refractivity (Wildman–Crippen MR) is 79.4 cm³/mol. The van der Waals surface area contributed by atoms with Gasteiger partial charge in [-0.25, -0.2) is 4.98 Å². The molecule has 2 aliphatic rings. The van der Waals surface area contributed by atoms with Gasteiger partial charge >= 0.3 is 0 Å². The third-order valence-corrected chi connectivity index (χ3v) is 4.24. The second kappa shape index (κ2) is 6.42. The zero-order valence-corrected chi connectivity index (χ0v) is 12.5. The number of hydrogen-bond donors (Lipinski definition) is 0. The Morgan fingerprint density at radius 1 is 1.43 bits per heavy atom. The highest BCUT2D eigenvalue weighted by Crippen LogP contribution is 2.29. The van der Waals surface area contributed by atoms with Gasteiger partial charge in [-0.15, -0.1) is 0 Å². The molecule has 5 heteroatoms. The number of ether oxygens (including phenoxy) is 2. The molecule has 1 aliphatic carbocycles. The molecule has 3 rings (SSSR count). The van der Waals surface area contributed by atoms with Gasteiger partial charge in [-0.05, 0) is 37.3 Å². The molecule has 0 aromatic carbocycles. The van der Waals surface area contributed by atoms with Gasteiger partial charge in [-0.2, -0.15) is 5.26 Å². The summed E-state index contributed by atoms with van der Waals surface area (Å²) >= 11 is 0. The van der Waals surface area contributed by atoms with Crippen molar-refractivity contribution in [1.82, 2.24) is 4.98 Å². The summed E-state index contributed by atoms with van der Waals surface area (Å²) in [5.41, 5.74) is 3.13. The van der Waals surface area contributed by atoms with Crippen LogP contribution in [0.15, 0.2) is 6.07 Å². The molecule has 0 bridgehead atoms. The average molecular weight is 287 g/mol. The Labute approximate surface area is 125 Å². The lowest BCUT2D eigenvalue weighted by Crippen LogP contribution is -2.25. The lowest BCUT2D eigenvalue weighted by Gasteiger charge is -2.20. The van der Waals surface area contributed by atoms with Crippen molar-refractivity contribution in [3.8, 4) is 6.07 Å². The van der Waals surface area contributed by atoms with Crippen molar-refractivity contribution in [2.45, 2.75) is 31.8 Å². The van der Waals surface area contributed by atoms with Crippen molar-refractivity contribution in [3.63, 3.8) is 0 Å². The topological polar surface area (TPSA) is 58.4 Å². The first-order valence-corrected chi connectivity index (χ1v) is 7.60. The highest BCUT2D eigenvalue weighted by Gasteiger charge is 2.27. The summed E-state index contributed by atoms with van der Waals surface area (Å²) in [7, 11) is 1.68. The van der Waals surface area contributed by atoms with Crippen LogP contribution >= 0.6 is 0 Å². The lowest BCUT2D eigenvalue weighted by molar-refractivity contribution is 0.0280. The van der Waals surface area contributed by atoms with Crippen LogP contribution in [-0.4, -0.2) is 44.5 Å². The number of aromatic nitrogens is 1. The summed E-state index contributed by atoms with van der Waals surface area (Å²) in [4.78, 5) is 6.95. The highest BCUT2D eigenvalue weighted by molar-refractivity contribution is 5.57. The van der Waals surface area contributed by atoms with Gasteiger partial charge < -0.3 is 14.4 Å². The lowest BCUT2D eigenvalue weighted by atomic mass is 10.1. The molecular weight excluding hydrogens is 266 g/mol. The minimum Gasteiger partial charge on any atom is -0.382 e. The smallest absolute Gasteiger partial charge is 0.146 e. The summed E-state index contributed by atoms with van der Waals surface area (Å²) in [6.45, 7) is 2.96. The molecule has 2 heterocycles. The van der Waals surface area contributed by atoms with E-state index >= 15 is 0 Å². The van der Waals surface area contributed by atoms with Crippen LogP contribution in [-0.2, 0) is 22.3 Å². The summed E-state index contributed by atoms with van der Waals surface area (Å²) in [5, 5.41) is 9.38. The molecular formula is C16H21N3O2. The molecule has 112 valence electrons. The third-order valence-electron chi connectivity index (χ3n) is 4.24. The summed E-state index contributed by atoms with van der Waals surface area (Å²) in [6, 6.07) is 4.34. The molecule has 1 aromatic rings. The third kappa shape index (κ3) is 3.02. The highest BCUT2D eigenvalue weighted by atomic mass is 16.5. The number of nitriles is 1. The Bertz CT molecular complexity index is 553. The van der Waals surface area contributed by atoms with E-state index in [0.29, 0.717) is 18.8 Å². The quantitative estimate of drug-likeness (QED) is 0.771. The van der Waals surface area contributed by atoms with Crippen molar-refractivity contribution in [2.24, 2.45) is 0 Å². The minimum absolute atomic E-state index is 0.210. The molecule has 0 spiro atoms. The summed E-state index contributed by atoms with van der Waals surface area (Å²) < 4.78 is 10.8. The first kappa shape index (κ1) is 14.3. The zero-order valence-electron chi connectivity index (χ0n) is 12.5. The van der Waals surface area contributed by atoms with Crippen molar-refractivity contribution >= 4 is 5.82 Å². The maximum Gasteiger partial charge on any atom is 0.146 e. The second-order valence-corrected chi connectivity index (χ2v) is 5.65. The minimum atomic E-state index is 0.210. The number of methoxy groups -OCH3 is 1. The van der Waals surface area contributed by atoms with Gasteiger partial charge in [0.2, 0.25) is 0 Å². The molecule has 1 unspecified atom stereocenters. The number of aryl methyl sites for hydroxylation is 2. The van der Waals surface area contributed by atoms with E-state index in [1.54, 1.807) is 7.11 Å². The molecule has 1 atom stereocenters. The van der Waals surface area contributed by atoms with Gasteiger partial charge in [0.25, 0.3) is 0 Å². The maximum atomic E-state index is 9.38. The molecule has 0 N–H and O–H groups in total. The van der Waals surface area contributed by atoms with E-state index in [9.17, 15) is 5.26 Å². The maximum absolute atomic E-state index is 9.38. The molecule has 5 nitrogen and oxygen atoms in total. The van der Waals surface area contributed by atoms with E-state index in [-0.39, 0.29) is 6.10 Å². The average Bonchev–Trinajstić information content (AvgIpc) is 3.14. The van der Waals surface area contributed by atoms with Gasteiger partial charge in [0, 0.05) is 25.9 Å². The van der Waals surface area contributed by atoms with Crippen LogP contribution in [0.25, 0.3) is 0 Å². The van der Waals surface area contributed by atoms with Gasteiger partial charge in [-0.3, -0.25) is 0 Å². The normalized spacial score (nSPS) is 20.6. The van der Waals surface area contributed by atoms with Gasteiger partial charge in [-0.1, -0.05) is 0 Å². The molecule has 0 radical (unpaired) electrons. The molecule has 1 fully saturated rings. The Hall–Kier alpha value is -1.64. The first-order chi connectivity index (χ1) is 10.3. The van der Waals surface area contributed by atoms with Gasteiger partial charge in [0.15, 0.2) is 0 Å². The molecule has 1 aliphatic heterocycles. The van der Waals surface area contributed by atoms with Gasteiger partial charge in [0.05, 0.1) is 24.9 Å². The first-order valence-electron chi connectivity index (χ1n) is 7.60. The Morgan fingerprint density at radius 3 is 3.14 bits per heavy atom. The number of hydrogen-bond acceptors (Lipinski definition) is 5. The van der Waals surface area contributed by atoms with Crippen LogP contribution in [0.3, 0.4) is 0 Å². The van der Waals surface area contributed by atoms with E-state index in [4.69, 9.17) is 14.5 Å². The monoisotopic (exact) mass is 287 g/mol. The predicted octanol–water partition coefficient (Wildman–Crippen LogP) is 1.68. The van der Waals surface area contributed by atoms with Crippen LogP contribution in [0.1, 0.15) is 29.7 Å². The van der Waals surface area contributed by atoms with Crippen LogP contribution in [0, 0.1) is 11.3 Å². The van der Waals surface area contributed by atoms with Crippen LogP contribution in [0.5, 0.6) is 0 Å². The largest absolute Gasteiger partial charge is 0.382 e. The molecule has 21 heavy (non-hydrogen) atoms. The second-order valence-electron chi connectivity index (χ2n) is 5.65. The number of anilines is 1. The molecule has 0 saturated carbocycles. The zero-order chi connectivity index (χ0) is 14.7. The fraction of sp³-hybridized carbons (Fsp3) is 0.625. The van der Waals surface area contributed by atoms with Crippen LogP contribution < -0.4 is 4.90 Å². The van der Waals surface area contributed by atoms with E-state index in [1.807, 2.05) is 6.07 Å². The molecule has 1 saturated heterocycles. The van der Waals surface area contributed by atoms with Crippen molar-refractivity contribution in [2.75, 3.05) is 38.3 Å². The standard InChI is InChI=1S/C16H21N3O2/c1-20-7-8-21-14-5-6-19(11-14)16-13(10-17)9-12-3-2-4-15(12)18-16/h9,14H,2-8,11H2,1H3. The summed E-state index contributed by atoms with van der Waals surface area (Å²) in [5.74, 6) is 0.844. The fourth-order valence-corrected chi connectivity index (χ4v) is 3.14. The molecule has 0 amide bonds. The number of nitrogens with zero attached hydrogens (tertiary/aromatic N) is 3. The van der Waals surface area contributed by atoms with Crippen molar-refractivity contribution in [3.05, 3.63) is 22.9 Å². The van der Waals surface area contributed by atoms with Crippen LogP contribution in [0.4, 0.5) is 5.82 Å². The Balaban J connectivity index is 1.71.